The van der Waals surface area contributed by atoms with Crippen LogP contribution < -0.4 is 14.6 Å². The van der Waals surface area contributed by atoms with Crippen molar-refractivity contribution in [2.24, 2.45) is 0 Å². The second kappa shape index (κ2) is 5.80. The van der Waals surface area contributed by atoms with Gasteiger partial charge in [0.25, 0.3) is 0 Å². The third kappa shape index (κ3) is 3.31. The number of carbonyl (C=O) groups is 1. The highest BCUT2D eigenvalue weighted by Gasteiger charge is 2.03. The fraction of sp³-hybridized carbons (Fsp3) is 0.250. The molecule has 4 heteroatoms. The Morgan fingerprint density at radius 2 is 2.19 bits per heavy atom. The first kappa shape index (κ1) is 12.1. The van der Waals surface area contributed by atoms with Gasteiger partial charge in [0.15, 0.2) is 11.5 Å². The maximum Gasteiger partial charge on any atom is 0.161 e. The van der Waals surface area contributed by atoms with Crippen LogP contribution in [0.2, 0.25) is 0 Å². The predicted octanol–water partition coefficient (Wildman–Crippen LogP) is 0.857. The van der Waals surface area contributed by atoms with Crippen LogP contribution in [-0.4, -0.2) is 19.7 Å². The average Bonchev–Trinajstić information content (AvgIpc) is 2.28. The number of carboxylic acids is 1. The van der Waals surface area contributed by atoms with Crippen LogP contribution in [0.5, 0.6) is 11.5 Å². The molecule has 0 radical (unpaired) electrons. The van der Waals surface area contributed by atoms with Crippen molar-refractivity contribution in [3.8, 4) is 11.5 Å². The van der Waals surface area contributed by atoms with Crippen molar-refractivity contribution in [3.63, 3.8) is 0 Å². The molecular weight excluding hydrogens is 208 g/mol. The highest BCUT2D eigenvalue weighted by molar-refractivity contribution is 5.83. The van der Waals surface area contributed by atoms with Gasteiger partial charge < -0.3 is 19.4 Å². The number of aliphatic carboxylic acids is 1. The predicted molar refractivity (Wildman–Crippen MR) is 58.2 cm³/mol. The molecule has 0 spiro atoms. The van der Waals surface area contributed by atoms with E-state index in [1.54, 1.807) is 18.2 Å². The minimum absolute atomic E-state index is 0.546. The summed E-state index contributed by atoms with van der Waals surface area (Å²) in [4.78, 5) is 10.2. The number of rotatable bonds is 5. The van der Waals surface area contributed by atoms with Gasteiger partial charge in [0.2, 0.25) is 0 Å². The highest BCUT2D eigenvalue weighted by atomic mass is 16.5. The SMILES string of the molecule is CCOc1ccc(C=CC(=O)[O-])cc1OC. The molecule has 0 aliphatic carbocycles. The first-order chi connectivity index (χ1) is 7.67. The zero-order chi connectivity index (χ0) is 12.0. The van der Waals surface area contributed by atoms with Gasteiger partial charge in [-0.25, -0.2) is 0 Å². The molecule has 0 atom stereocenters. The van der Waals surface area contributed by atoms with Crippen molar-refractivity contribution in [1.29, 1.82) is 0 Å². The van der Waals surface area contributed by atoms with Crippen LogP contribution in [0.3, 0.4) is 0 Å². The van der Waals surface area contributed by atoms with Gasteiger partial charge in [-0.05, 0) is 30.7 Å². The quantitative estimate of drug-likeness (QED) is 0.692. The molecule has 0 fully saturated rings. The van der Waals surface area contributed by atoms with Gasteiger partial charge >= 0.3 is 0 Å². The molecule has 0 aliphatic rings. The van der Waals surface area contributed by atoms with Crippen molar-refractivity contribution in [2.45, 2.75) is 6.92 Å². The molecule has 0 saturated carbocycles. The van der Waals surface area contributed by atoms with E-state index in [9.17, 15) is 9.90 Å². The van der Waals surface area contributed by atoms with Crippen molar-refractivity contribution >= 4 is 12.0 Å². The molecule has 0 saturated heterocycles. The molecule has 0 amide bonds. The van der Waals surface area contributed by atoms with Crippen LogP contribution in [0, 0.1) is 0 Å². The van der Waals surface area contributed by atoms with Crippen LogP contribution in [0.15, 0.2) is 24.3 Å². The van der Waals surface area contributed by atoms with Gasteiger partial charge in [-0.3, -0.25) is 0 Å². The first-order valence-corrected chi connectivity index (χ1v) is 4.87. The third-order valence-corrected chi connectivity index (χ3v) is 1.90. The highest BCUT2D eigenvalue weighted by Crippen LogP contribution is 2.28. The summed E-state index contributed by atoms with van der Waals surface area (Å²) >= 11 is 0. The molecule has 1 aromatic carbocycles. The molecule has 0 aromatic heterocycles. The number of benzene rings is 1. The lowest BCUT2D eigenvalue weighted by Gasteiger charge is -2.09. The molecule has 4 nitrogen and oxygen atoms in total. The maximum absolute atomic E-state index is 10.2. The van der Waals surface area contributed by atoms with E-state index in [2.05, 4.69) is 0 Å². The zero-order valence-corrected chi connectivity index (χ0v) is 9.23. The van der Waals surface area contributed by atoms with Gasteiger partial charge in [-0.2, -0.15) is 0 Å². The topological polar surface area (TPSA) is 58.6 Å². The van der Waals surface area contributed by atoms with E-state index < -0.39 is 5.97 Å². The maximum atomic E-state index is 10.2. The monoisotopic (exact) mass is 221 g/mol. The Morgan fingerprint density at radius 1 is 1.44 bits per heavy atom. The summed E-state index contributed by atoms with van der Waals surface area (Å²) in [6.07, 6.45) is 2.41. The Hall–Kier alpha value is -1.97. The summed E-state index contributed by atoms with van der Waals surface area (Å²) in [5.41, 5.74) is 0.713. The number of hydrogen-bond acceptors (Lipinski definition) is 4. The standard InChI is InChI=1S/C12H14O4/c1-3-16-10-6-4-9(5-7-12(13)14)8-11(10)15-2/h4-8H,3H2,1-2H3,(H,13,14)/p-1. The molecule has 1 aromatic rings. The lowest BCUT2D eigenvalue weighted by molar-refractivity contribution is -0.297. The van der Waals surface area contributed by atoms with E-state index in [1.165, 1.54) is 13.2 Å². The number of methoxy groups -OCH3 is 1. The van der Waals surface area contributed by atoms with E-state index in [1.807, 2.05) is 6.92 Å². The van der Waals surface area contributed by atoms with Crippen LogP contribution in [0.1, 0.15) is 12.5 Å². The second-order valence-corrected chi connectivity index (χ2v) is 3.00. The number of carboxylic acid groups (broad SMARTS) is 1. The van der Waals surface area contributed by atoms with Gasteiger partial charge in [0.05, 0.1) is 19.7 Å². The molecule has 1 rings (SSSR count). The van der Waals surface area contributed by atoms with Gasteiger partial charge in [-0.1, -0.05) is 12.1 Å². The molecule has 0 bridgehead atoms. The van der Waals surface area contributed by atoms with Gasteiger partial charge in [0.1, 0.15) is 0 Å². The minimum Gasteiger partial charge on any atom is -0.545 e. The Labute approximate surface area is 94.1 Å². The Bertz CT molecular complexity index is 396. The fourth-order valence-corrected chi connectivity index (χ4v) is 1.23. The summed E-state index contributed by atoms with van der Waals surface area (Å²) < 4.78 is 10.5. The lowest BCUT2D eigenvalue weighted by atomic mass is 10.2. The average molecular weight is 221 g/mol. The molecule has 86 valence electrons. The largest absolute Gasteiger partial charge is 0.545 e. The minimum atomic E-state index is -1.23. The third-order valence-electron chi connectivity index (χ3n) is 1.90. The first-order valence-electron chi connectivity index (χ1n) is 4.87. The smallest absolute Gasteiger partial charge is 0.161 e. The van der Waals surface area contributed by atoms with E-state index in [0.717, 1.165) is 6.08 Å². The lowest BCUT2D eigenvalue weighted by Crippen LogP contribution is -2.18. The molecular formula is C12H13O4-. The number of carbonyl (C=O) groups excluding carboxylic acids is 1. The van der Waals surface area contributed by atoms with Crippen molar-refractivity contribution in [2.75, 3.05) is 13.7 Å². The van der Waals surface area contributed by atoms with E-state index in [4.69, 9.17) is 9.47 Å². The Kier molecular flexibility index (Phi) is 4.39. The summed E-state index contributed by atoms with van der Waals surface area (Å²) in [6, 6.07) is 5.18. The second-order valence-electron chi connectivity index (χ2n) is 3.00. The van der Waals surface area contributed by atoms with Crippen LogP contribution >= 0.6 is 0 Å². The van der Waals surface area contributed by atoms with Crippen LogP contribution in [0.4, 0.5) is 0 Å². The molecule has 0 unspecified atom stereocenters. The number of ether oxygens (including phenoxy) is 2. The summed E-state index contributed by atoms with van der Waals surface area (Å²) in [6.45, 7) is 2.42. The summed E-state index contributed by atoms with van der Waals surface area (Å²) in [5.74, 6) is -0.0224. The molecule has 0 N–H and O–H groups in total. The summed E-state index contributed by atoms with van der Waals surface area (Å²) in [5, 5.41) is 10.2. The Balaban J connectivity index is 2.94. The fourth-order valence-electron chi connectivity index (χ4n) is 1.23. The van der Waals surface area contributed by atoms with Crippen molar-refractivity contribution < 1.29 is 19.4 Å². The summed E-state index contributed by atoms with van der Waals surface area (Å²) in [7, 11) is 1.53. The van der Waals surface area contributed by atoms with Crippen molar-refractivity contribution in [1.82, 2.24) is 0 Å². The molecule has 16 heavy (non-hydrogen) atoms. The molecule has 0 aliphatic heterocycles. The van der Waals surface area contributed by atoms with Crippen molar-refractivity contribution in [3.05, 3.63) is 29.8 Å². The Morgan fingerprint density at radius 3 is 2.75 bits per heavy atom. The van der Waals surface area contributed by atoms with Gasteiger partial charge in [-0.15, -0.1) is 0 Å². The van der Waals surface area contributed by atoms with E-state index in [-0.39, 0.29) is 0 Å². The molecule has 0 heterocycles. The van der Waals surface area contributed by atoms with E-state index >= 15 is 0 Å². The zero-order valence-electron chi connectivity index (χ0n) is 9.23. The van der Waals surface area contributed by atoms with Gasteiger partial charge in [0, 0.05) is 0 Å². The normalized spacial score (nSPS) is 10.4. The van der Waals surface area contributed by atoms with E-state index in [0.29, 0.717) is 23.7 Å². The van der Waals surface area contributed by atoms with Crippen LogP contribution in [-0.2, 0) is 4.79 Å². The number of hydrogen-bond donors (Lipinski definition) is 0. The van der Waals surface area contributed by atoms with Crippen LogP contribution in [0.25, 0.3) is 6.08 Å².